The number of fused-ring (bicyclic) bond motifs is 1. The zero-order valence-corrected chi connectivity index (χ0v) is 14.7. The molecule has 4 rings (SSSR count). The number of rotatable bonds is 3. The summed E-state index contributed by atoms with van der Waals surface area (Å²) in [5, 5.41) is 0. The Morgan fingerprint density at radius 2 is 1.69 bits per heavy atom. The molecule has 5 nitrogen and oxygen atoms in total. The number of amides is 1. The first-order chi connectivity index (χ1) is 12.7. The van der Waals surface area contributed by atoms with Gasteiger partial charge in [0.15, 0.2) is 5.78 Å². The molecule has 2 aromatic carbocycles. The number of morpholine rings is 1. The number of carbonyl (C=O) groups is 2. The Kier molecular flexibility index (Phi) is 4.71. The minimum atomic E-state index is 0.0315. The number of para-hydroxylation sites is 1. The average molecular weight is 350 g/mol. The highest BCUT2D eigenvalue weighted by Crippen LogP contribution is 2.27. The SMILES string of the molecule is O=C1CCN(C(=O)Cc2ccc(N3CCOCC3)cc2)c2ccccc21. The number of nitrogens with zero attached hydrogens (tertiary/aromatic N) is 2. The second-order valence-electron chi connectivity index (χ2n) is 6.68. The summed E-state index contributed by atoms with van der Waals surface area (Å²) in [5.41, 5.74) is 3.54. The smallest absolute Gasteiger partial charge is 0.231 e. The molecule has 1 amide bonds. The van der Waals surface area contributed by atoms with E-state index in [-0.39, 0.29) is 11.7 Å². The zero-order chi connectivity index (χ0) is 17.9. The highest BCUT2D eigenvalue weighted by Gasteiger charge is 2.26. The molecule has 1 fully saturated rings. The fraction of sp³-hybridized carbons (Fsp3) is 0.333. The van der Waals surface area contributed by atoms with Gasteiger partial charge in [-0.3, -0.25) is 9.59 Å². The summed E-state index contributed by atoms with van der Waals surface area (Å²) in [4.78, 5) is 28.9. The number of Topliss-reactive ketones (excluding diaryl/α,β-unsaturated/α-hetero) is 1. The molecule has 0 atom stereocenters. The van der Waals surface area contributed by atoms with Gasteiger partial charge < -0.3 is 14.5 Å². The van der Waals surface area contributed by atoms with E-state index in [2.05, 4.69) is 17.0 Å². The molecule has 0 N–H and O–H groups in total. The van der Waals surface area contributed by atoms with Crippen LogP contribution in [-0.2, 0) is 16.0 Å². The number of hydrogen-bond acceptors (Lipinski definition) is 4. The van der Waals surface area contributed by atoms with E-state index < -0.39 is 0 Å². The Morgan fingerprint density at radius 1 is 0.962 bits per heavy atom. The van der Waals surface area contributed by atoms with Gasteiger partial charge in [-0.05, 0) is 29.8 Å². The molecule has 2 aliphatic rings. The van der Waals surface area contributed by atoms with Crippen molar-refractivity contribution in [1.82, 2.24) is 0 Å². The molecule has 5 heteroatoms. The quantitative estimate of drug-likeness (QED) is 0.854. The summed E-state index contributed by atoms with van der Waals surface area (Å²) in [6.07, 6.45) is 0.727. The highest BCUT2D eigenvalue weighted by molar-refractivity contribution is 6.09. The van der Waals surface area contributed by atoms with Crippen molar-refractivity contribution < 1.29 is 14.3 Å². The minimum Gasteiger partial charge on any atom is -0.378 e. The maximum atomic E-state index is 12.8. The van der Waals surface area contributed by atoms with Gasteiger partial charge in [0.2, 0.25) is 5.91 Å². The van der Waals surface area contributed by atoms with Crippen LogP contribution in [0.15, 0.2) is 48.5 Å². The van der Waals surface area contributed by atoms with Crippen molar-refractivity contribution in [2.24, 2.45) is 0 Å². The summed E-state index contributed by atoms with van der Waals surface area (Å²) in [6, 6.07) is 15.5. The molecule has 2 aromatic rings. The molecule has 0 spiro atoms. The summed E-state index contributed by atoms with van der Waals surface area (Å²) >= 11 is 0. The van der Waals surface area contributed by atoms with Gasteiger partial charge in [-0.15, -0.1) is 0 Å². The zero-order valence-electron chi connectivity index (χ0n) is 14.7. The third-order valence-corrected chi connectivity index (χ3v) is 5.03. The molecule has 0 aromatic heterocycles. The van der Waals surface area contributed by atoms with Gasteiger partial charge in [-0.1, -0.05) is 24.3 Å². The minimum absolute atomic E-state index is 0.0315. The van der Waals surface area contributed by atoms with Crippen LogP contribution in [0.1, 0.15) is 22.3 Å². The van der Waals surface area contributed by atoms with Crippen LogP contribution in [0.3, 0.4) is 0 Å². The van der Waals surface area contributed by atoms with Gasteiger partial charge in [-0.25, -0.2) is 0 Å². The Balaban J connectivity index is 1.47. The van der Waals surface area contributed by atoms with Gasteiger partial charge in [-0.2, -0.15) is 0 Å². The lowest BCUT2D eigenvalue weighted by molar-refractivity contribution is -0.118. The molecule has 0 aliphatic carbocycles. The predicted octanol–water partition coefficient (Wildman–Crippen LogP) is 2.69. The van der Waals surface area contributed by atoms with Crippen LogP contribution in [0.4, 0.5) is 11.4 Å². The van der Waals surface area contributed by atoms with Crippen LogP contribution in [0, 0.1) is 0 Å². The summed E-state index contributed by atoms with van der Waals surface area (Å²) in [7, 11) is 0. The second-order valence-corrected chi connectivity index (χ2v) is 6.68. The molecular weight excluding hydrogens is 328 g/mol. The van der Waals surface area contributed by atoms with Gasteiger partial charge in [0.25, 0.3) is 0 Å². The number of hydrogen-bond donors (Lipinski definition) is 0. The van der Waals surface area contributed by atoms with Crippen molar-refractivity contribution in [2.75, 3.05) is 42.6 Å². The topological polar surface area (TPSA) is 49.9 Å². The lowest BCUT2D eigenvalue weighted by Crippen LogP contribution is -2.38. The van der Waals surface area contributed by atoms with E-state index in [1.807, 2.05) is 30.3 Å². The predicted molar refractivity (Wildman–Crippen MR) is 101 cm³/mol. The van der Waals surface area contributed by atoms with Crippen molar-refractivity contribution in [3.05, 3.63) is 59.7 Å². The maximum Gasteiger partial charge on any atom is 0.231 e. The third-order valence-electron chi connectivity index (χ3n) is 5.03. The van der Waals surface area contributed by atoms with Crippen molar-refractivity contribution in [1.29, 1.82) is 0 Å². The molecule has 2 aliphatic heterocycles. The van der Waals surface area contributed by atoms with Crippen LogP contribution in [0.25, 0.3) is 0 Å². The lowest BCUT2D eigenvalue weighted by atomic mass is 9.99. The highest BCUT2D eigenvalue weighted by atomic mass is 16.5. The van der Waals surface area contributed by atoms with Crippen LogP contribution >= 0.6 is 0 Å². The van der Waals surface area contributed by atoms with Gasteiger partial charge in [0.05, 0.1) is 25.3 Å². The van der Waals surface area contributed by atoms with E-state index in [1.165, 1.54) is 5.69 Å². The summed E-state index contributed by atoms with van der Waals surface area (Å²) < 4.78 is 5.39. The summed E-state index contributed by atoms with van der Waals surface area (Å²) in [6.45, 7) is 3.77. The van der Waals surface area contributed by atoms with Gasteiger partial charge in [0, 0.05) is 37.3 Å². The fourth-order valence-electron chi connectivity index (χ4n) is 3.59. The second kappa shape index (κ2) is 7.30. The third kappa shape index (κ3) is 3.35. The first kappa shape index (κ1) is 16.8. The molecule has 134 valence electrons. The van der Waals surface area contributed by atoms with E-state index in [0.29, 0.717) is 24.9 Å². The Bertz CT molecular complexity index is 810. The van der Waals surface area contributed by atoms with E-state index >= 15 is 0 Å². The molecule has 0 saturated carbocycles. The Hall–Kier alpha value is -2.66. The number of benzene rings is 2. The summed E-state index contributed by atoms with van der Waals surface area (Å²) in [5.74, 6) is 0.142. The number of carbonyl (C=O) groups excluding carboxylic acids is 2. The van der Waals surface area contributed by atoms with Crippen molar-refractivity contribution in [2.45, 2.75) is 12.8 Å². The van der Waals surface area contributed by atoms with E-state index in [4.69, 9.17) is 4.74 Å². The number of ether oxygens (including phenoxy) is 1. The maximum absolute atomic E-state index is 12.8. The first-order valence-corrected chi connectivity index (χ1v) is 9.06. The van der Waals surface area contributed by atoms with Crippen LogP contribution in [0.5, 0.6) is 0 Å². The molecule has 2 heterocycles. The largest absolute Gasteiger partial charge is 0.378 e. The number of ketones is 1. The fourth-order valence-corrected chi connectivity index (χ4v) is 3.59. The molecule has 0 bridgehead atoms. The Labute approximate surface area is 153 Å². The number of anilines is 2. The molecule has 0 radical (unpaired) electrons. The van der Waals surface area contributed by atoms with Crippen molar-refractivity contribution >= 4 is 23.1 Å². The van der Waals surface area contributed by atoms with Crippen LogP contribution < -0.4 is 9.80 Å². The van der Waals surface area contributed by atoms with Crippen LogP contribution in [0.2, 0.25) is 0 Å². The molecular formula is C21H22N2O3. The first-order valence-electron chi connectivity index (χ1n) is 9.06. The van der Waals surface area contributed by atoms with E-state index in [1.54, 1.807) is 11.0 Å². The van der Waals surface area contributed by atoms with Gasteiger partial charge >= 0.3 is 0 Å². The molecule has 0 unspecified atom stereocenters. The molecule has 26 heavy (non-hydrogen) atoms. The van der Waals surface area contributed by atoms with Gasteiger partial charge in [0.1, 0.15) is 0 Å². The standard InChI is InChI=1S/C21H22N2O3/c24-20-9-10-23(19-4-2-1-3-18(19)20)21(25)15-16-5-7-17(8-6-16)22-11-13-26-14-12-22/h1-8H,9-15H2. The monoisotopic (exact) mass is 350 g/mol. The lowest BCUT2D eigenvalue weighted by Gasteiger charge is -2.29. The van der Waals surface area contributed by atoms with E-state index in [0.717, 1.165) is 37.6 Å². The van der Waals surface area contributed by atoms with Crippen molar-refractivity contribution in [3.63, 3.8) is 0 Å². The Morgan fingerprint density at radius 3 is 2.46 bits per heavy atom. The average Bonchev–Trinajstić information content (AvgIpc) is 2.70. The van der Waals surface area contributed by atoms with E-state index in [9.17, 15) is 9.59 Å². The van der Waals surface area contributed by atoms with Crippen LogP contribution in [-0.4, -0.2) is 44.5 Å². The normalized spacial score (nSPS) is 17.2. The molecule has 1 saturated heterocycles. The van der Waals surface area contributed by atoms with Crippen molar-refractivity contribution in [3.8, 4) is 0 Å².